The summed E-state index contributed by atoms with van der Waals surface area (Å²) in [5.41, 5.74) is 8.41. The van der Waals surface area contributed by atoms with Crippen LogP contribution in [-0.2, 0) is 0 Å². The second-order valence-corrected chi connectivity index (χ2v) is 7.50. The quantitative estimate of drug-likeness (QED) is 0.821. The Morgan fingerprint density at radius 1 is 1.14 bits per heavy atom. The molecule has 114 valence electrons. The van der Waals surface area contributed by atoms with Gasteiger partial charge in [0.1, 0.15) is 5.75 Å². The topological polar surface area (TPSA) is 47.3 Å². The minimum Gasteiger partial charge on any atom is -0.494 e. The molecule has 5 rings (SSSR count). The molecule has 0 atom stereocenters. The fourth-order valence-corrected chi connectivity index (χ4v) is 5.45. The van der Waals surface area contributed by atoms with Crippen molar-refractivity contribution in [3.63, 3.8) is 0 Å². The van der Waals surface area contributed by atoms with Crippen LogP contribution in [0.3, 0.4) is 0 Å². The Kier molecular flexibility index (Phi) is 3.05. The zero-order valence-electron chi connectivity index (χ0n) is 12.9. The van der Waals surface area contributed by atoms with Gasteiger partial charge in [0.25, 0.3) is 0 Å². The highest BCUT2D eigenvalue weighted by Gasteiger charge is 2.51. The molecule has 0 amide bonds. The molecular formula is C18H26N2O. The van der Waals surface area contributed by atoms with Gasteiger partial charge in [0.05, 0.1) is 18.0 Å². The molecule has 4 fully saturated rings. The van der Waals surface area contributed by atoms with E-state index in [0.29, 0.717) is 12.1 Å². The number of hydrogen-bond acceptors (Lipinski definition) is 3. The molecule has 1 aromatic carbocycles. The molecule has 4 aliphatic carbocycles. The molecule has 4 bridgehead atoms. The molecule has 0 radical (unpaired) electrons. The van der Waals surface area contributed by atoms with Crippen molar-refractivity contribution in [2.45, 2.75) is 51.0 Å². The third kappa shape index (κ3) is 2.37. The number of hydrogen-bond donors (Lipinski definition) is 2. The van der Waals surface area contributed by atoms with Gasteiger partial charge in [-0.2, -0.15) is 0 Å². The first kappa shape index (κ1) is 13.3. The number of nitrogens with two attached hydrogens (primary N) is 1. The zero-order valence-corrected chi connectivity index (χ0v) is 12.9. The van der Waals surface area contributed by atoms with Gasteiger partial charge in [-0.05, 0) is 75.3 Å². The molecule has 3 heteroatoms. The summed E-state index contributed by atoms with van der Waals surface area (Å²) in [5.74, 6) is 3.75. The van der Waals surface area contributed by atoms with Crippen LogP contribution in [0.2, 0.25) is 0 Å². The van der Waals surface area contributed by atoms with Crippen LogP contribution in [-0.4, -0.2) is 12.1 Å². The summed E-state index contributed by atoms with van der Waals surface area (Å²) in [6.45, 7) is 2.71. The van der Waals surface area contributed by atoms with Crippen molar-refractivity contribution in [1.29, 1.82) is 0 Å². The van der Waals surface area contributed by atoms with Gasteiger partial charge in [-0.15, -0.1) is 0 Å². The van der Waals surface area contributed by atoms with Crippen LogP contribution in [0, 0.1) is 17.8 Å². The molecular weight excluding hydrogens is 260 g/mol. The van der Waals surface area contributed by atoms with Crippen LogP contribution in [0.1, 0.15) is 45.4 Å². The molecule has 3 nitrogen and oxygen atoms in total. The van der Waals surface area contributed by atoms with E-state index in [1.54, 1.807) is 0 Å². The van der Waals surface area contributed by atoms with Gasteiger partial charge in [-0.25, -0.2) is 0 Å². The number of ether oxygens (including phenoxy) is 1. The molecule has 21 heavy (non-hydrogen) atoms. The van der Waals surface area contributed by atoms with Crippen molar-refractivity contribution in [3.8, 4) is 5.75 Å². The lowest BCUT2D eigenvalue weighted by molar-refractivity contribution is 0.0107. The molecule has 0 unspecified atom stereocenters. The lowest BCUT2D eigenvalue weighted by Gasteiger charge is -2.57. The van der Waals surface area contributed by atoms with E-state index in [1.165, 1.54) is 38.5 Å². The number of nitrogen functional groups attached to an aromatic ring is 1. The van der Waals surface area contributed by atoms with Gasteiger partial charge in [-0.3, -0.25) is 0 Å². The summed E-state index contributed by atoms with van der Waals surface area (Å²) in [6, 6.07) is 6.01. The lowest BCUT2D eigenvalue weighted by atomic mass is 9.53. The molecule has 0 heterocycles. The second-order valence-electron chi connectivity index (χ2n) is 7.50. The van der Waals surface area contributed by atoms with Crippen molar-refractivity contribution in [3.05, 3.63) is 18.2 Å². The van der Waals surface area contributed by atoms with Gasteiger partial charge in [0.2, 0.25) is 0 Å². The molecule has 0 saturated heterocycles. The Labute approximate surface area is 127 Å². The van der Waals surface area contributed by atoms with Gasteiger partial charge in [-0.1, -0.05) is 0 Å². The van der Waals surface area contributed by atoms with E-state index in [9.17, 15) is 0 Å². The second kappa shape index (κ2) is 4.82. The van der Waals surface area contributed by atoms with Crippen LogP contribution in [0.5, 0.6) is 5.75 Å². The Morgan fingerprint density at radius 2 is 1.76 bits per heavy atom. The molecule has 1 aromatic rings. The van der Waals surface area contributed by atoms with E-state index in [0.717, 1.165) is 34.9 Å². The largest absolute Gasteiger partial charge is 0.494 e. The number of rotatable bonds is 4. The van der Waals surface area contributed by atoms with Gasteiger partial charge in [0.15, 0.2) is 0 Å². The summed E-state index contributed by atoms with van der Waals surface area (Å²) in [4.78, 5) is 0. The Hall–Kier alpha value is -1.38. The third-order valence-corrected chi connectivity index (χ3v) is 5.77. The normalized spacial score (nSPS) is 36.7. The number of nitrogens with one attached hydrogen (secondary N) is 1. The Bertz CT molecular complexity index is 505. The predicted octanol–water partition coefficient (Wildman–Crippen LogP) is 4.05. The maximum absolute atomic E-state index is 6.20. The van der Waals surface area contributed by atoms with E-state index >= 15 is 0 Å². The monoisotopic (exact) mass is 286 g/mol. The maximum atomic E-state index is 6.20. The lowest BCUT2D eigenvalue weighted by Crippen LogP contribution is -2.54. The summed E-state index contributed by atoms with van der Waals surface area (Å²) < 4.78 is 5.63. The summed E-state index contributed by atoms with van der Waals surface area (Å²) in [7, 11) is 0. The average molecular weight is 286 g/mol. The molecule has 3 N–H and O–H groups in total. The molecule has 4 saturated carbocycles. The van der Waals surface area contributed by atoms with E-state index in [-0.39, 0.29) is 0 Å². The zero-order chi connectivity index (χ0) is 14.4. The van der Waals surface area contributed by atoms with Crippen molar-refractivity contribution >= 4 is 11.4 Å². The van der Waals surface area contributed by atoms with Crippen molar-refractivity contribution in [1.82, 2.24) is 0 Å². The highest BCUT2D eigenvalue weighted by atomic mass is 16.5. The minimum absolute atomic E-state index is 0.299. The van der Waals surface area contributed by atoms with Crippen molar-refractivity contribution in [2.24, 2.45) is 17.8 Å². The van der Waals surface area contributed by atoms with E-state index < -0.39 is 0 Å². The predicted molar refractivity (Wildman–Crippen MR) is 86.5 cm³/mol. The first-order chi connectivity index (χ1) is 10.2. The summed E-state index contributed by atoms with van der Waals surface area (Å²) >= 11 is 0. The van der Waals surface area contributed by atoms with Gasteiger partial charge in [0, 0.05) is 11.6 Å². The van der Waals surface area contributed by atoms with Crippen LogP contribution < -0.4 is 15.8 Å². The smallest absolute Gasteiger partial charge is 0.121 e. The van der Waals surface area contributed by atoms with E-state index in [4.69, 9.17) is 10.5 Å². The highest BCUT2D eigenvalue weighted by molar-refractivity contribution is 5.69. The minimum atomic E-state index is 0.299. The van der Waals surface area contributed by atoms with Crippen LogP contribution in [0.25, 0.3) is 0 Å². The SMILES string of the molecule is CCOc1ccc(N)c(NC23CC4CC(CC(C4)C2)C3)c1. The number of benzene rings is 1. The molecule has 0 aliphatic heterocycles. The molecule has 0 spiro atoms. The van der Waals surface area contributed by atoms with Gasteiger partial charge >= 0.3 is 0 Å². The molecule has 4 aliphatic rings. The van der Waals surface area contributed by atoms with Crippen molar-refractivity contribution in [2.75, 3.05) is 17.7 Å². The van der Waals surface area contributed by atoms with Crippen LogP contribution in [0.4, 0.5) is 11.4 Å². The van der Waals surface area contributed by atoms with Crippen LogP contribution >= 0.6 is 0 Å². The highest BCUT2D eigenvalue weighted by Crippen LogP contribution is 2.56. The third-order valence-electron chi connectivity index (χ3n) is 5.77. The molecule has 0 aromatic heterocycles. The first-order valence-electron chi connectivity index (χ1n) is 8.46. The standard InChI is InChI=1S/C18H26N2O/c1-2-21-15-3-4-16(19)17(8-15)20-18-9-12-5-13(10-18)7-14(6-12)11-18/h3-4,8,12-14,20H,2,5-7,9-11,19H2,1H3. The van der Waals surface area contributed by atoms with E-state index in [1.807, 2.05) is 19.1 Å². The fraction of sp³-hybridized carbons (Fsp3) is 0.667. The Morgan fingerprint density at radius 3 is 2.33 bits per heavy atom. The Balaban J connectivity index is 1.59. The summed E-state index contributed by atoms with van der Waals surface area (Å²) in [6.07, 6.45) is 8.39. The van der Waals surface area contributed by atoms with Crippen LogP contribution in [0.15, 0.2) is 18.2 Å². The fourth-order valence-electron chi connectivity index (χ4n) is 5.45. The summed E-state index contributed by atoms with van der Waals surface area (Å²) in [5, 5.41) is 3.85. The first-order valence-corrected chi connectivity index (χ1v) is 8.46. The maximum Gasteiger partial charge on any atom is 0.121 e. The average Bonchev–Trinajstić information content (AvgIpc) is 2.41. The van der Waals surface area contributed by atoms with Gasteiger partial charge < -0.3 is 15.8 Å². The number of anilines is 2. The van der Waals surface area contributed by atoms with Crippen molar-refractivity contribution < 1.29 is 4.74 Å². The van der Waals surface area contributed by atoms with E-state index in [2.05, 4.69) is 11.4 Å².